The van der Waals surface area contributed by atoms with Gasteiger partial charge in [0.05, 0.1) is 0 Å². The molecule has 0 spiro atoms. The summed E-state index contributed by atoms with van der Waals surface area (Å²) in [7, 11) is -3.80. The molecule has 0 saturated heterocycles. The van der Waals surface area contributed by atoms with Gasteiger partial charge in [-0.3, -0.25) is 9.78 Å². The molecule has 0 atom stereocenters. The van der Waals surface area contributed by atoms with Crippen LogP contribution in [0.3, 0.4) is 0 Å². The SMILES string of the molecule is O=c1[nH]cccc1S(=O)(=O)NCc1ccncc1. The van der Waals surface area contributed by atoms with Gasteiger partial charge in [-0.2, -0.15) is 0 Å². The highest BCUT2D eigenvalue weighted by atomic mass is 32.2. The molecule has 0 aliphatic carbocycles. The molecule has 0 aliphatic heterocycles. The van der Waals surface area contributed by atoms with Gasteiger partial charge in [-0.1, -0.05) is 0 Å². The topological polar surface area (TPSA) is 91.9 Å². The Hall–Kier alpha value is -1.99. The monoisotopic (exact) mass is 265 g/mol. The zero-order valence-corrected chi connectivity index (χ0v) is 10.1. The van der Waals surface area contributed by atoms with E-state index in [1.54, 1.807) is 24.5 Å². The molecule has 0 saturated carbocycles. The van der Waals surface area contributed by atoms with Gasteiger partial charge in [0.1, 0.15) is 4.90 Å². The van der Waals surface area contributed by atoms with Crippen molar-refractivity contribution < 1.29 is 8.42 Å². The number of aromatic amines is 1. The second-order valence-corrected chi connectivity index (χ2v) is 5.28. The molecule has 2 heterocycles. The standard InChI is InChI=1S/C11H11N3O3S/c15-11-10(2-1-5-13-11)18(16,17)14-8-9-3-6-12-7-4-9/h1-7,14H,8H2,(H,13,15). The van der Waals surface area contributed by atoms with Crippen LogP contribution in [-0.4, -0.2) is 18.4 Å². The first-order valence-corrected chi connectivity index (χ1v) is 6.64. The van der Waals surface area contributed by atoms with Crippen LogP contribution in [0.5, 0.6) is 0 Å². The van der Waals surface area contributed by atoms with E-state index in [0.717, 1.165) is 5.56 Å². The van der Waals surface area contributed by atoms with Crippen molar-refractivity contribution in [1.82, 2.24) is 14.7 Å². The maximum Gasteiger partial charge on any atom is 0.268 e. The highest BCUT2D eigenvalue weighted by Crippen LogP contribution is 2.03. The number of hydrogen-bond acceptors (Lipinski definition) is 4. The summed E-state index contributed by atoms with van der Waals surface area (Å²) in [6, 6.07) is 6.10. The number of hydrogen-bond donors (Lipinski definition) is 2. The molecule has 0 aromatic carbocycles. The highest BCUT2D eigenvalue weighted by molar-refractivity contribution is 7.89. The first-order chi connectivity index (χ1) is 8.59. The molecule has 0 aliphatic rings. The minimum atomic E-state index is -3.80. The smallest absolute Gasteiger partial charge is 0.268 e. The number of rotatable bonds is 4. The predicted molar refractivity (Wildman–Crippen MR) is 65.3 cm³/mol. The Bertz CT molecular complexity index is 680. The van der Waals surface area contributed by atoms with Crippen molar-refractivity contribution in [1.29, 1.82) is 0 Å². The van der Waals surface area contributed by atoms with Crippen LogP contribution in [0, 0.1) is 0 Å². The van der Waals surface area contributed by atoms with Crippen molar-refractivity contribution in [3.63, 3.8) is 0 Å². The highest BCUT2D eigenvalue weighted by Gasteiger charge is 2.16. The Morgan fingerprint density at radius 3 is 2.61 bits per heavy atom. The summed E-state index contributed by atoms with van der Waals surface area (Å²) >= 11 is 0. The minimum Gasteiger partial charge on any atom is -0.328 e. The molecule has 0 radical (unpaired) electrons. The Morgan fingerprint density at radius 2 is 1.94 bits per heavy atom. The zero-order valence-electron chi connectivity index (χ0n) is 9.33. The second kappa shape index (κ2) is 5.11. The van der Waals surface area contributed by atoms with Crippen LogP contribution >= 0.6 is 0 Å². The third-order valence-corrected chi connectivity index (χ3v) is 3.71. The largest absolute Gasteiger partial charge is 0.328 e. The van der Waals surface area contributed by atoms with Gasteiger partial charge in [-0.25, -0.2) is 13.1 Å². The van der Waals surface area contributed by atoms with E-state index in [4.69, 9.17) is 0 Å². The molecule has 0 bridgehead atoms. The van der Waals surface area contributed by atoms with Crippen molar-refractivity contribution in [2.75, 3.05) is 0 Å². The Labute approximate surface area is 104 Å². The molecule has 94 valence electrons. The molecule has 7 heteroatoms. The van der Waals surface area contributed by atoms with Gasteiger partial charge < -0.3 is 4.98 Å². The predicted octanol–water partition coefficient (Wildman–Crippen LogP) is 0.248. The fourth-order valence-corrected chi connectivity index (χ4v) is 2.45. The van der Waals surface area contributed by atoms with E-state index in [-0.39, 0.29) is 11.4 Å². The Morgan fingerprint density at radius 1 is 1.22 bits per heavy atom. The van der Waals surface area contributed by atoms with Crippen LogP contribution < -0.4 is 10.3 Å². The van der Waals surface area contributed by atoms with E-state index in [1.807, 2.05) is 0 Å². The lowest BCUT2D eigenvalue weighted by Crippen LogP contribution is -2.28. The molecule has 2 rings (SSSR count). The number of sulfonamides is 1. The van der Waals surface area contributed by atoms with Crippen LogP contribution in [0.1, 0.15) is 5.56 Å². The molecular weight excluding hydrogens is 254 g/mol. The van der Waals surface area contributed by atoms with Crippen LogP contribution in [0.15, 0.2) is 52.5 Å². The summed E-state index contributed by atoms with van der Waals surface area (Å²) in [5.74, 6) is 0. The van der Waals surface area contributed by atoms with Crippen molar-refractivity contribution >= 4 is 10.0 Å². The van der Waals surface area contributed by atoms with Crippen molar-refractivity contribution in [2.24, 2.45) is 0 Å². The lowest BCUT2D eigenvalue weighted by molar-refractivity contribution is 0.580. The molecule has 0 amide bonds. The van der Waals surface area contributed by atoms with E-state index in [9.17, 15) is 13.2 Å². The van der Waals surface area contributed by atoms with E-state index in [2.05, 4.69) is 14.7 Å². The van der Waals surface area contributed by atoms with Crippen LogP contribution in [0.4, 0.5) is 0 Å². The zero-order chi connectivity index (χ0) is 13.0. The summed E-state index contributed by atoms with van der Waals surface area (Å²) in [4.78, 5) is 17.2. The molecule has 2 N–H and O–H groups in total. The minimum absolute atomic E-state index is 0.110. The molecule has 6 nitrogen and oxygen atoms in total. The fourth-order valence-electron chi connectivity index (χ4n) is 1.37. The summed E-state index contributed by atoms with van der Waals surface area (Å²) in [5.41, 5.74) is 0.126. The van der Waals surface area contributed by atoms with Crippen LogP contribution in [0.25, 0.3) is 0 Å². The molecule has 0 fully saturated rings. The van der Waals surface area contributed by atoms with E-state index in [1.165, 1.54) is 18.3 Å². The van der Waals surface area contributed by atoms with Gasteiger partial charge in [0.2, 0.25) is 10.0 Å². The molecule has 18 heavy (non-hydrogen) atoms. The third kappa shape index (κ3) is 2.82. The van der Waals surface area contributed by atoms with E-state index in [0.29, 0.717) is 0 Å². The quantitative estimate of drug-likeness (QED) is 0.828. The Kier molecular flexibility index (Phi) is 3.54. The first kappa shape index (κ1) is 12.5. The number of pyridine rings is 2. The van der Waals surface area contributed by atoms with Gasteiger partial charge in [-0.05, 0) is 29.8 Å². The first-order valence-electron chi connectivity index (χ1n) is 5.16. The summed E-state index contributed by atoms with van der Waals surface area (Å²) in [6.45, 7) is 0.110. The fraction of sp³-hybridized carbons (Fsp3) is 0.0909. The normalized spacial score (nSPS) is 11.3. The second-order valence-electron chi connectivity index (χ2n) is 3.54. The average molecular weight is 265 g/mol. The van der Waals surface area contributed by atoms with E-state index < -0.39 is 15.6 Å². The lowest BCUT2D eigenvalue weighted by Gasteiger charge is -2.05. The molecule has 2 aromatic rings. The van der Waals surface area contributed by atoms with Crippen molar-refractivity contribution in [3.8, 4) is 0 Å². The van der Waals surface area contributed by atoms with Gasteiger partial charge in [0.15, 0.2) is 0 Å². The maximum absolute atomic E-state index is 11.9. The molecular formula is C11H11N3O3S. The van der Waals surface area contributed by atoms with E-state index >= 15 is 0 Å². The summed E-state index contributed by atoms with van der Waals surface area (Å²) in [6.07, 6.45) is 4.52. The average Bonchev–Trinajstić information content (AvgIpc) is 2.38. The van der Waals surface area contributed by atoms with Gasteiger partial charge >= 0.3 is 0 Å². The van der Waals surface area contributed by atoms with Crippen molar-refractivity contribution in [3.05, 3.63) is 58.8 Å². The van der Waals surface area contributed by atoms with Crippen molar-refractivity contribution in [2.45, 2.75) is 11.4 Å². The molecule has 0 unspecified atom stereocenters. The number of aromatic nitrogens is 2. The Balaban J connectivity index is 2.19. The van der Waals surface area contributed by atoms with Crippen LogP contribution in [0.2, 0.25) is 0 Å². The summed E-state index contributed by atoms with van der Waals surface area (Å²) < 4.78 is 26.1. The maximum atomic E-state index is 11.9. The third-order valence-electron chi connectivity index (χ3n) is 2.29. The lowest BCUT2D eigenvalue weighted by atomic mass is 10.3. The number of H-pyrrole nitrogens is 1. The van der Waals surface area contributed by atoms with Gasteiger partial charge in [0.25, 0.3) is 5.56 Å². The number of nitrogens with zero attached hydrogens (tertiary/aromatic N) is 1. The van der Waals surface area contributed by atoms with Crippen LogP contribution in [-0.2, 0) is 16.6 Å². The van der Waals surface area contributed by atoms with Gasteiger partial charge in [-0.15, -0.1) is 0 Å². The summed E-state index contributed by atoms with van der Waals surface area (Å²) in [5, 5.41) is 0. The molecule has 2 aromatic heterocycles. The number of nitrogens with one attached hydrogen (secondary N) is 2. The van der Waals surface area contributed by atoms with Gasteiger partial charge in [0, 0.05) is 25.1 Å².